The predicted molar refractivity (Wildman–Crippen MR) is 58.9 cm³/mol. The number of rotatable bonds is 1. The SMILES string of the molecule is Fc1ccccc1-n1cc2c(n1)CNCC2. The molecule has 0 aliphatic carbocycles. The molecule has 0 atom stereocenters. The van der Waals surface area contributed by atoms with Gasteiger partial charge in [0.05, 0.1) is 5.69 Å². The van der Waals surface area contributed by atoms with E-state index in [4.69, 9.17) is 0 Å². The molecule has 0 amide bonds. The first-order valence-electron chi connectivity index (χ1n) is 5.37. The average Bonchev–Trinajstić information content (AvgIpc) is 2.73. The Labute approximate surface area is 92.9 Å². The van der Waals surface area contributed by atoms with E-state index >= 15 is 0 Å². The molecule has 16 heavy (non-hydrogen) atoms. The maximum absolute atomic E-state index is 13.6. The van der Waals surface area contributed by atoms with E-state index in [1.807, 2.05) is 12.3 Å². The van der Waals surface area contributed by atoms with Gasteiger partial charge in [0.25, 0.3) is 0 Å². The molecule has 4 heteroatoms. The third-order valence-corrected chi connectivity index (χ3v) is 2.84. The van der Waals surface area contributed by atoms with Gasteiger partial charge in [-0.1, -0.05) is 12.1 Å². The minimum atomic E-state index is -0.240. The summed E-state index contributed by atoms with van der Waals surface area (Å²) in [6, 6.07) is 6.69. The third kappa shape index (κ3) is 1.51. The number of nitrogens with one attached hydrogen (secondary N) is 1. The number of para-hydroxylation sites is 1. The van der Waals surface area contributed by atoms with E-state index in [2.05, 4.69) is 10.4 Å². The van der Waals surface area contributed by atoms with Gasteiger partial charge in [0.2, 0.25) is 0 Å². The first-order valence-corrected chi connectivity index (χ1v) is 5.37. The number of hydrogen-bond acceptors (Lipinski definition) is 2. The second-order valence-corrected chi connectivity index (χ2v) is 3.92. The highest BCUT2D eigenvalue weighted by Gasteiger charge is 2.14. The van der Waals surface area contributed by atoms with Gasteiger partial charge in [0.15, 0.2) is 0 Å². The molecule has 0 spiro atoms. The zero-order chi connectivity index (χ0) is 11.0. The molecular formula is C12H12FN3. The van der Waals surface area contributed by atoms with Crippen LogP contribution < -0.4 is 5.32 Å². The Balaban J connectivity index is 2.07. The van der Waals surface area contributed by atoms with Crippen LogP contribution in [0.4, 0.5) is 4.39 Å². The number of hydrogen-bond donors (Lipinski definition) is 1. The number of aromatic nitrogens is 2. The van der Waals surface area contributed by atoms with Crippen molar-refractivity contribution < 1.29 is 4.39 Å². The Morgan fingerprint density at radius 1 is 1.31 bits per heavy atom. The van der Waals surface area contributed by atoms with Gasteiger partial charge in [-0.25, -0.2) is 9.07 Å². The maximum atomic E-state index is 13.6. The van der Waals surface area contributed by atoms with Crippen LogP contribution >= 0.6 is 0 Å². The fraction of sp³-hybridized carbons (Fsp3) is 0.250. The second-order valence-electron chi connectivity index (χ2n) is 3.92. The lowest BCUT2D eigenvalue weighted by atomic mass is 10.1. The lowest BCUT2D eigenvalue weighted by Gasteiger charge is -2.09. The molecule has 3 nitrogen and oxygen atoms in total. The molecule has 0 radical (unpaired) electrons. The highest BCUT2D eigenvalue weighted by atomic mass is 19.1. The Morgan fingerprint density at radius 3 is 3.00 bits per heavy atom. The van der Waals surface area contributed by atoms with Gasteiger partial charge in [-0.05, 0) is 30.7 Å². The molecule has 1 aromatic carbocycles. The number of benzene rings is 1. The van der Waals surface area contributed by atoms with E-state index in [0.29, 0.717) is 5.69 Å². The third-order valence-electron chi connectivity index (χ3n) is 2.84. The Morgan fingerprint density at radius 2 is 2.19 bits per heavy atom. The van der Waals surface area contributed by atoms with Crippen molar-refractivity contribution in [2.75, 3.05) is 6.54 Å². The van der Waals surface area contributed by atoms with Crippen LogP contribution in [0.5, 0.6) is 0 Å². The maximum Gasteiger partial charge on any atom is 0.148 e. The van der Waals surface area contributed by atoms with Gasteiger partial charge in [0, 0.05) is 12.7 Å². The molecule has 1 aliphatic heterocycles. The largest absolute Gasteiger partial charge is 0.311 e. The molecule has 0 saturated heterocycles. The van der Waals surface area contributed by atoms with E-state index < -0.39 is 0 Å². The van der Waals surface area contributed by atoms with Gasteiger partial charge < -0.3 is 5.32 Å². The first-order chi connectivity index (χ1) is 7.84. The van der Waals surface area contributed by atoms with Gasteiger partial charge in [-0.15, -0.1) is 0 Å². The molecule has 2 heterocycles. The molecule has 2 aromatic rings. The van der Waals surface area contributed by atoms with Crippen molar-refractivity contribution in [2.45, 2.75) is 13.0 Å². The molecule has 82 valence electrons. The molecule has 0 unspecified atom stereocenters. The zero-order valence-electron chi connectivity index (χ0n) is 8.78. The quantitative estimate of drug-likeness (QED) is 0.787. The normalized spacial score (nSPS) is 14.8. The summed E-state index contributed by atoms with van der Waals surface area (Å²) in [5.41, 5.74) is 2.74. The Bertz CT molecular complexity index is 495. The van der Waals surface area contributed by atoms with Crippen molar-refractivity contribution >= 4 is 0 Å². The number of nitrogens with zero attached hydrogens (tertiary/aromatic N) is 2. The molecule has 0 fully saturated rings. The zero-order valence-corrected chi connectivity index (χ0v) is 8.78. The van der Waals surface area contributed by atoms with Crippen molar-refractivity contribution in [3.05, 3.63) is 47.5 Å². The van der Waals surface area contributed by atoms with Crippen LogP contribution in [0.1, 0.15) is 11.3 Å². The lowest BCUT2D eigenvalue weighted by Crippen LogP contribution is -2.22. The highest BCUT2D eigenvalue weighted by molar-refractivity contribution is 5.34. The number of fused-ring (bicyclic) bond motifs is 1. The summed E-state index contributed by atoms with van der Waals surface area (Å²) in [5.74, 6) is -0.240. The van der Waals surface area contributed by atoms with E-state index in [-0.39, 0.29) is 5.82 Å². The second kappa shape index (κ2) is 3.72. The highest BCUT2D eigenvalue weighted by Crippen LogP contribution is 2.17. The summed E-state index contributed by atoms with van der Waals surface area (Å²) in [4.78, 5) is 0. The molecule has 1 N–H and O–H groups in total. The van der Waals surface area contributed by atoms with Crippen molar-refractivity contribution in [1.82, 2.24) is 15.1 Å². The summed E-state index contributed by atoms with van der Waals surface area (Å²) < 4.78 is 15.2. The summed E-state index contributed by atoms with van der Waals surface area (Å²) in [6.45, 7) is 1.74. The minimum absolute atomic E-state index is 0.240. The average molecular weight is 217 g/mol. The molecule has 3 rings (SSSR count). The van der Waals surface area contributed by atoms with E-state index in [0.717, 1.165) is 25.2 Å². The van der Waals surface area contributed by atoms with Gasteiger partial charge in [-0.2, -0.15) is 5.10 Å². The van der Waals surface area contributed by atoms with Crippen LogP contribution in [-0.2, 0) is 13.0 Å². The summed E-state index contributed by atoms with van der Waals surface area (Å²) in [6.07, 6.45) is 2.89. The topological polar surface area (TPSA) is 29.9 Å². The fourth-order valence-corrected chi connectivity index (χ4v) is 1.99. The van der Waals surface area contributed by atoms with Gasteiger partial charge in [0.1, 0.15) is 11.5 Å². The van der Waals surface area contributed by atoms with Crippen molar-refractivity contribution in [2.24, 2.45) is 0 Å². The molecule has 0 saturated carbocycles. The van der Waals surface area contributed by atoms with Crippen LogP contribution in [0, 0.1) is 5.82 Å². The van der Waals surface area contributed by atoms with E-state index in [1.54, 1.807) is 16.8 Å². The Kier molecular flexibility index (Phi) is 2.22. The van der Waals surface area contributed by atoms with Crippen molar-refractivity contribution in [1.29, 1.82) is 0 Å². The minimum Gasteiger partial charge on any atom is -0.311 e. The summed E-state index contributed by atoms with van der Waals surface area (Å²) >= 11 is 0. The summed E-state index contributed by atoms with van der Waals surface area (Å²) in [7, 11) is 0. The van der Waals surface area contributed by atoms with Crippen molar-refractivity contribution in [3.63, 3.8) is 0 Å². The first kappa shape index (κ1) is 9.54. The molecular weight excluding hydrogens is 205 g/mol. The fourth-order valence-electron chi connectivity index (χ4n) is 1.99. The van der Waals surface area contributed by atoms with Crippen LogP contribution in [0.2, 0.25) is 0 Å². The van der Waals surface area contributed by atoms with E-state index in [9.17, 15) is 4.39 Å². The van der Waals surface area contributed by atoms with Gasteiger partial charge in [-0.3, -0.25) is 0 Å². The van der Waals surface area contributed by atoms with Gasteiger partial charge >= 0.3 is 0 Å². The monoisotopic (exact) mass is 217 g/mol. The molecule has 0 bridgehead atoms. The molecule has 1 aliphatic rings. The van der Waals surface area contributed by atoms with Crippen LogP contribution in [0.3, 0.4) is 0 Å². The van der Waals surface area contributed by atoms with Crippen LogP contribution in [-0.4, -0.2) is 16.3 Å². The van der Waals surface area contributed by atoms with Crippen LogP contribution in [0.15, 0.2) is 30.5 Å². The smallest absolute Gasteiger partial charge is 0.148 e. The standard InChI is InChI=1S/C12H12FN3/c13-10-3-1-2-4-12(10)16-8-9-5-6-14-7-11(9)15-16/h1-4,8,14H,5-7H2. The predicted octanol–water partition coefficient (Wildman–Crippen LogP) is 1.66. The Hall–Kier alpha value is -1.68. The van der Waals surface area contributed by atoms with Crippen molar-refractivity contribution in [3.8, 4) is 5.69 Å². The number of halogens is 1. The van der Waals surface area contributed by atoms with E-state index in [1.165, 1.54) is 11.6 Å². The van der Waals surface area contributed by atoms with Crippen LogP contribution in [0.25, 0.3) is 5.69 Å². The lowest BCUT2D eigenvalue weighted by molar-refractivity contribution is 0.605. The molecule has 1 aromatic heterocycles. The summed E-state index contributed by atoms with van der Waals surface area (Å²) in [5, 5.41) is 7.65.